The largest absolute Gasteiger partial charge is 0.314 e. The molecule has 1 saturated heterocycles. The number of aryl methyl sites for hydroxylation is 1. The standard InChI is InChI=1S/C14H18N4/c1-10-12(8-9-15-10)14-16-13(17-18(14)2)11-6-4-3-5-7-11/h3-7,10,12,15H,8-9H2,1-2H3. The van der Waals surface area contributed by atoms with Crippen molar-refractivity contribution >= 4 is 0 Å². The van der Waals surface area contributed by atoms with Gasteiger partial charge < -0.3 is 5.32 Å². The average Bonchev–Trinajstić information content (AvgIpc) is 2.96. The van der Waals surface area contributed by atoms with Crippen LogP contribution in [0.4, 0.5) is 0 Å². The fraction of sp³-hybridized carbons (Fsp3) is 0.429. The van der Waals surface area contributed by atoms with Gasteiger partial charge in [-0.2, -0.15) is 5.10 Å². The highest BCUT2D eigenvalue weighted by Gasteiger charge is 2.28. The van der Waals surface area contributed by atoms with Crippen LogP contribution in [0.15, 0.2) is 30.3 Å². The van der Waals surface area contributed by atoms with Crippen molar-refractivity contribution in [3.8, 4) is 11.4 Å². The molecule has 4 nitrogen and oxygen atoms in total. The first kappa shape index (κ1) is 11.4. The molecule has 1 aromatic carbocycles. The van der Waals surface area contributed by atoms with Crippen molar-refractivity contribution in [3.05, 3.63) is 36.2 Å². The first-order chi connectivity index (χ1) is 8.75. The van der Waals surface area contributed by atoms with E-state index in [4.69, 9.17) is 4.98 Å². The lowest BCUT2D eigenvalue weighted by molar-refractivity contribution is 0.538. The average molecular weight is 242 g/mol. The van der Waals surface area contributed by atoms with E-state index in [-0.39, 0.29) is 0 Å². The van der Waals surface area contributed by atoms with Crippen molar-refractivity contribution in [3.63, 3.8) is 0 Å². The second kappa shape index (κ2) is 4.53. The Bertz CT molecular complexity index is 532. The molecule has 0 spiro atoms. The van der Waals surface area contributed by atoms with Crippen molar-refractivity contribution < 1.29 is 0 Å². The summed E-state index contributed by atoms with van der Waals surface area (Å²) in [5.74, 6) is 2.39. The molecule has 0 aliphatic carbocycles. The van der Waals surface area contributed by atoms with Crippen LogP contribution in [0.1, 0.15) is 25.1 Å². The molecule has 0 amide bonds. The second-order valence-electron chi connectivity index (χ2n) is 4.92. The van der Waals surface area contributed by atoms with E-state index >= 15 is 0 Å². The van der Waals surface area contributed by atoms with Crippen LogP contribution in [0.2, 0.25) is 0 Å². The van der Waals surface area contributed by atoms with Crippen molar-refractivity contribution in [1.29, 1.82) is 0 Å². The normalized spacial score (nSPS) is 23.4. The van der Waals surface area contributed by atoms with Gasteiger partial charge in [-0.15, -0.1) is 0 Å². The first-order valence-electron chi connectivity index (χ1n) is 6.45. The van der Waals surface area contributed by atoms with Crippen LogP contribution < -0.4 is 5.32 Å². The monoisotopic (exact) mass is 242 g/mol. The van der Waals surface area contributed by atoms with Crippen LogP contribution >= 0.6 is 0 Å². The summed E-state index contributed by atoms with van der Waals surface area (Å²) in [6.07, 6.45) is 1.14. The predicted octanol–water partition coefficient (Wildman–Crippen LogP) is 1.95. The molecular weight excluding hydrogens is 224 g/mol. The Labute approximate surface area is 107 Å². The molecule has 1 N–H and O–H groups in total. The predicted molar refractivity (Wildman–Crippen MR) is 71.3 cm³/mol. The van der Waals surface area contributed by atoms with Gasteiger partial charge in [-0.3, -0.25) is 4.68 Å². The van der Waals surface area contributed by atoms with Gasteiger partial charge in [0.05, 0.1) is 0 Å². The number of rotatable bonds is 2. The Morgan fingerprint density at radius 3 is 2.72 bits per heavy atom. The molecule has 18 heavy (non-hydrogen) atoms. The molecule has 0 radical (unpaired) electrons. The first-order valence-corrected chi connectivity index (χ1v) is 6.45. The van der Waals surface area contributed by atoms with Crippen LogP contribution in [0.3, 0.4) is 0 Å². The Balaban J connectivity index is 1.96. The van der Waals surface area contributed by atoms with E-state index < -0.39 is 0 Å². The minimum atomic E-state index is 0.472. The van der Waals surface area contributed by atoms with Gasteiger partial charge in [0.15, 0.2) is 5.82 Å². The van der Waals surface area contributed by atoms with Gasteiger partial charge in [0, 0.05) is 24.6 Å². The summed E-state index contributed by atoms with van der Waals surface area (Å²) in [6.45, 7) is 3.29. The molecule has 0 bridgehead atoms. The highest BCUT2D eigenvalue weighted by molar-refractivity contribution is 5.54. The van der Waals surface area contributed by atoms with Gasteiger partial charge in [0.2, 0.25) is 0 Å². The summed E-state index contributed by atoms with van der Waals surface area (Å²) in [6, 6.07) is 10.6. The molecule has 1 aliphatic heterocycles. The number of benzene rings is 1. The fourth-order valence-corrected chi connectivity index (χ4v) is 2.64. The lowest BCUT2D eigenvalue weighted by Gasteiger charge is -2.13. The third-order valence-electron chi connectivity index (χ3n) is 3.69. The van der Waals surface area contributed by atoms with Gasteiger partial charge in [0.1, 0.15) is 5.82 Å². The lowest BCUT2D eigenvalue weighted by atomic mass is 10.0. The van der Waals surface area contributed by atoms with Crippen LogP contribution in [0, 0.1) is 0 Å². The second-order valence-corrected chi connectivity index (χ2v) is 4.92. The Morgan fingerprint density at radius 2 is 2.06 bits per heavy atom. The summed E-state index contributed by atoms with van der Waals surface area (Å²) in [5, 5.41) is 8.00. The zero-order valence-electron chi connectivity index (χ0n) is 10.8. The Kier molecular flexibility index (Phi) is 2.88. The summed E-state index contributed by atoms with van der Waals surface area (Å²) in [7, 11) is 1.99. The molecule has 1 aromatic heterocycles. The number of aromatic nitrogens is 3. The van der Waals surface area contributed by atoms with Crippen LogP contribution in [-0.2, 0) is 7.05 Å². The molecule has 94 valence electrons. The van der Waals surface area contributed by atoms with Gasteiger partial charge >= 0.3 is 0 Å². The Morgan fingerprint density at radius 1 is 1.28 bits per heavy atom. The smallest absolute Gasteiger partial charge is 0.181 e. The topological polar surface area (TPSA) is 42.7 Å². The van der Waals surface area contributed by atoms with Crippen LogP contribution in [0.25, 0.3) is 11.4 Å². The molecule has 2 atom stereocenters. The summed E-state index contributed by atoms with van der Waals surface area (Å²) >= 11 is 0. The molecular formula is C14H18N4. The van der Waals surface area contributed by atoms with E-state index in [1.165, 1.54) is 0 Å². The van der Waals surface area contributed by atoms with E-state index in [0.29, 0.717) is 12.0 Å². The molecule has 2 heterocycles. The van der Waals surface area contributed by atoms with Gasteiger partial charge in [0.25, 0.3) is 0 Å². The molecule has 1 fully saturated rings. The molecule has 1 aliphatic rings. The van der Waals surface area contributed by atoms with Crippen LogP contribution in [-0.4, -0.2) is 27.4 Å². The Hall–Kier alpha value is -1.68. The molecule has 2 aromatic rings. The lowest BCUT2D eigenvalue weighted by Crippen LogP contribution is -2.23. The highest BCUT2D eigenvalue weighted by atomic mass is 15.3. The number of hydrogen-bond donors (Lipinski definition) is 1. The van der Waals surface area contributed by atoms with E-state index in [9.17, 15) is 0 Å². The van der Waals surface area contributed by atoms with Gasteiger partial charge in [-0.05, 0) is 19.9 Å². The SMILES string of the molecule is CC1NCCC1c1nc(-c2ccccc2)nn1C. The summed E-state index contributed by atoms with van der Waals surface area (Å²) in [4.78, 5) is 4.72. The number of nitrogens with zero attached hydrogens (tertiary/aromatic N) is 3. The van der Waals surface area contributed by atoms with Crippen molar-refractivity contribution in [1.82, 2.24) is 20.1 Å². The molecule has 2 unspecified atom stereocenters. The summed E-state index contributed by atoms with van der Waals surface area (Å²) in [5.41, 5.74) is 1.08. The molecule has 4 heteroatoms. The fourth-order valence-electron chi connectivity index (χ4n) is 2.64. The van der Waals surface area contributed by atoms with E-state index in [1.54, 1.807) is 0 Å². The third kappa shape index (κ3) is 1.93. The van der Waals surface area contributed by atoms with Crippen molar-refractivity contribution in [2.24, 2.45) is 7.05 Å². The maximum absolute atomic E-state index is 4.72. The summed E-state index contributed by atoms with van der Waals surface area (Å²) < 4.78 is 1.93. The van der Waals surface area contributed by atoms with Crippen molar-refractivity contribution in [2.45, 2.75) is 25.3 Å². The van der Waals surface area contributed by atoms with Gasteiger partial charge in [-0.25, -0.2) is 4.98 Å². The number of hydrogen-bond acceptors (Lipinski definition) is 3. The zero-order valence-corrected chi connectivity index (χ0v) is 10.8. The minimum absolute atomic E-state index is 0.472. The third-order valence-corrected chi connectivity index (χ3v) is 3.69. The van der Waals surface area contributed by atoms with Crippen molar-refractivity contribution in [2.75, 3.05) is 6.54 Å². The maximum Gasteiger partial charge on any atom is 0.181 e. The quantitative estimate of drug-likeness (QED) is 0.875. The van der Waals surface area contributed by atoms with E-state index in [2.05, 4.69) is 29.5 Å². The number of nitrogens with one attached hydrogen (secondary N) is 1. The molecule has 0 saturated carbocycles. The highest BCUT2D eigenvalue weighted by Crippen LogP contribution is 2.27. The van der Waals surface area contributed by atoms with Gasteiger partial charge in [-0.1, -0.05) is 30.3 Å². The maximum atomic E-state index is 4.72. The van der Waals surface area contributed by atoms with Crippen LogP contribution in [0.5, 0.6) is 0 Å². The van der Waals surface area contributed by atoms with E-state index in [1.807, 2.05) is 29.9 Å². The zero-order chi connectivity index (χ0) is 12.5. The van der Waals surface area contributed by atoms with E-state index in [0.717, 1.165) is 30.2 Å². The minimum Gasteiger partial charge on any atom is -0.314 e. The molecule has 3 rings (SSSR count).